The maximum absolute atomic E-state index is 14.6. The average Bonchev–Trinajstić information content (AvgIpc) is 3.62. The van der Waals surface area contributed by atoms with Crippen LogP contribution in [0.15, 0.2) is 42.6 Å². The molecule has 0 unspecified atom stereocenters. The summed E-state index contributed by atoms with van der Waals surface area (Å²) in [6.07, 6.45) is 2.84. The van der Waals surface area contributed by atoms with Crippen molar-refractivity contribution in [3.05, 3.63) is 99.0 Å². The Labute approximate surface area is 267 Å². The number of unbranched alkanes of at least 4 members (excludes halogenated alkanes) is 4. The summed E-state index contributed by atoms with van der Waals surface area (Å²) in [7, 11) is 0. The molecule has 2 aromatic heterocycles. The molecule has 0 aliphatic heterocycles. The lowest BCUT2D eigenvalue weighted by atomic mass is 9.93. The van der Waals surface area contributed by atoms with E-state index >= 15 is 0 Å². The predicted molar refractivity (Wildman–Crippen MR) is 163 cm³/mol. The third kappa shape index (κ3) is 7.34. The van der Waals surface area contributed by atoms with Crippen molar-refractivity contribution in [3.63, 3.8) is 0 Å². The number of fused-ring (bicyclic) bond motifs is 2. The summed E-state index contributed by atoms with van der Waals surface area (Å²) in [5.74, 6) is -3.81. The average molecular weight is 656 g/mol. The van der Waals surface area contributed by atoms with Crippen LogP contribution >= 0.6 is 0 Å². The molecule has 8 nitrogen and oxygen atoms in total. The first-order valence-electron chi connectivity index (χ1n) is 15.5. The number of aromatic nitrogens is 3. The van der Waals surface area contributed by atoms with Crippen molar-refractivity contribution in [1.29, 1.82) is 0 Å². The Hall–Kier alpha value is -4.68. The number of rotatable bonds is 12. The molecule has 0 saturated carbocycles. The molecule has 248 valence electrons. The Kier molecular flexibility index (Phi) is 10.0. The summed E-state index contributed by atoms with van der Waals surface area (Å²) < 4.78 is 68.5. The molecule has 0 radical (unpaired) electrons. The highest BCUT2D eigenvalue weighted by atomic mass is 19.4. The molecule has 4 aromatic rings. The minimum Gasteiger partial charge on any atom is -0.347 e. The van der Waals surface area contributed by atoms with E-state index in [2.05, 4.69) is 27.6 Å². The molecule has 0 saturated heterocycles. The number of benzene rings is 2. The van der Waals surface area contributed by atoms with E-state index in [0.29, 0.717) is 37.0 Å². The largest absolute Gasteiger partial charge is 0.419 e. The maximum atomic E-state index is 14.6. The second kappa shape index (κ2) is 14.0. The third-order valence-corrected chi connectivity index (χ3v) is 8.49. The van der Waals surface area contributed by atoms with Gasteiger partial charge >= 0.3 is 6.18 Å². The van der Waals surface area contributed by atoms with Crippen LogP contribution in [0.3, 0.4) is 0 Å². The van der Waals surface area contributed by atoms with E-state index in [0.717, 1.165) is 71.6 Å². The minimum atomic E-state index is -4.93. The number of hydrogen-bond donors (Lipinski definition) is 2. The molecule has 47 heavy (non-hydrogen) atoms. The number of halogens is 5. The highest BCUT2D eigenvalue weighted by molar-refractivity contribution is 5.99. The van der Waals surface area contributed by atoms with E-state index in [4.69, 9.17) is 0 Å². The van der Waals surface area contributed by atoms with Gasteiger partial charge in [-0.05, 0) is 60.6 Å². The molecule has 0 fully saturated rings. The van der Waals surface area contributed by atoms with Crippen LogP contribution in [0, 0.1) is 18.6 Å². The number of alkyl halides is 3. The van der Waals surface area contributed by atoms with Crippen LogP contribution < -0.4 is 10.6 Å². The quantitative estimate of drug-likeness (QED) is 0.0953. The number of carbonyl (C=O) groups excluding carboxylic acids is 3. The molecule has 1 aliphatic carbocycles. The smallest absolute Gasteiger partial charge is 0.347 e. The van der Waals surface area contributed by atoms with Crippen LogP contribution in [0.25, 0.3) is 5.65 Å². The SMILES string of the molecule is CCCCCCCC(=O)c1ccc2c(c1C)CC[C@@H]2NC(=O)c1cc(C(=O)NCc2ccc(F)c(C(F)(F)F)c2)nc2c(F)cnn12. The first-order chi connectivity index (χ1) is 22.4. The number of ketones is 1. The molecule has 2 aromatic carbocycles. The van der Waals surface area contributed by atoms with Crippen molar-refractivity contribution < 1.29 is 36.3 Å². The molecule has 1 aliphatic rings. The van der Waals surface area contributed by atoms with Crippen LogP contribution in [0.4, 0.5) is 22.0 Å². The van der Waals surface area contributed by atoms with Crippen molar-refractivity contribution in [2.24, 2.45) is 0 Å². The third-order valence-electron chi connectivity index (χ3n) is 8.49. The zero-order chi connectivity index (χ0) is 33.9. The van der Waals surface area contributed by atoms with Gasteiger partial charge in [-0.1, -0.05) is 50.8 Å². The van der Waals surface area contributed by atoms with Crippen LogP contribution in [-0.2, 0) is 19.1 Å². The van der Waals surface area contributed by atoms with Gasteiger partial charge in [0.1, 0.15) is 17.2 Å². The lowest BCUT2D eigenvalue weighted by molar-refractivity contribution is -0.140. The monoisotopic (exact) mass is 655 g/mol. The molecule has 5 rings (SSSR count). The number of nitrogens with zero attached hydrogens (tertiary/aromatic N) is 3. The number of Topliss-reactive ketones (excluding diaryl/α,β-unsaturated/α-hetero) is 1. The summed E-state index contributed by atoms with van der Waals surface area (Å²) in [6.45, 7) is 3.63. The Morgan fingerprint density at radius 2 is 1.74 bits per heavy atom. The minimum absolute atomic E-state index is 0.0336. The van der Waals surface area contributed by atoms with E-state index in [1.165, 1.54) is 0 Å². The Morgan fingerprint density at radius 1 is 0.979 bits per heavy atom. The number of carbonyl (C=O) groups is 3. The fourth-order valence-corrected chi connectivity index (χ4v) is 5.97. The van der Waals surface area contributed by atoms with Crippen molar-refractivity contribution in [2.75, 3.05) is 0 Å². The second-order valence-electron chi connectivity index (χ2n) is 11.7. The van der Waals surface area contributed by atoms with Gasteiger partial charge in [0, 0.05) is 24.6 Å². The van der Waals surface area contributed by atoms with Gasteiger partial charge in [-0.3, -0.25) is 14.4 Å². The van der Waals surface area contributed by atoms with Crippen molar-refractivity contribution >= 4 is 23.2 Å². The van der Waals surface area contributed by atoms with Crippen LogP contribution in [0.1, 0.15) is 117 Å². The first-order valence-corrected chi connectivity index (χ1v) is 15.5. The van der Waals surface area contributed by atoms with E-state index in [1.807, 2.05) is 13.0 Å². The lowest BCUT2D eigenvalue weighted by Crippen LogP contribution is -2.30. The van der Waals surface area contributed by atoms with Gasteiger partial charge < -0.3 is 10.6 Å². The molecular formula is C34H34F5N5O3. The van der Waals surface area contributed by atoms with Crippen molar-refractivity contribution in [3.8, 4) is 0 Å². The van der Waals surface area contributed by atoms with Gasteiger partial charge in [-0.15, -0.1) is 0 Å². The number of amides is 2. The molecule has 2 N–H and O–H groups in total. The highest BCUT2D eigenvalue weighted by Crippen LogP contribution is 2.35. The predicted octanol–water partition coefficient (Wildman–Crippen LogP) is 7.23. The normalized spacial score (nSPS) is 14.3. The van der Waals surface area contributed by atoms with E-state index in [1.54, 1.807) is 6.07 Å². The zero-order valence-corrected chi connectivity index (χ0v) is 25.9. The van der Waals surface area contributed by atoms with Gasteiger partial charge in [0.15, 0.2) is 17.2 Å². The van der Waals surface area contributed by atoms with E-state index < -0.39 is 53.4 Å². The standard InChI is InChI=1S/C34H34F5N5O3/c1-3-4-5-6-7-8-30(45)22-10-11-23-21(19(22)2)12-14-27(23)43-33(47)29-16-28(42-31-26(36)18-41-44(29)31)32(46)40-17-20-9-13-25(35)24(15-20)34(37,38)39/h9-11,13,15-16,18,27H,3-8,12,14,17H2,1-2H3,(H,40,46)(H,43,47)/t27-/m0/s1. The summed E-state index contributed by atoms with van der Waals surface area (Å²) in [5.41, 5.74) is 0.952. The van der Waals surface area contributed by atoms with Gasteiger partial charge in [0.2, 0.25) is 0 Å². The molecular weight excluding hydrogens is 621 g/mol. The Balaban J connectivity index is 1.32. The van der Waals surface area contributed by atoms with E-state index in [-0.39, 0.29) is 22.7 Å². The molecule has 2 amide bonds. The first kappa shape index (κ1) is 33.7. The highest BCUT2D eigenvalue weighted by Gasteiger charge is 2.34. The molecule has 0 spiro atoms. The lowest BCUT2D eigenvalue weighted by Gasteiger charge is -2.17. The van der Waals surface area contributed by atoms with Crippen molar-refractivity contribution in [1.82, 2.24) is 25.2 Å². The summed E-state index contributed by atoms with van der Waals surface area (Å²) in [5, 5.41) is 9.19. The second-order valence-corrected chi connectivity index (χ2v) is 11.7. The fourth-order valence-electron chi connectivity index (χ4n) is 5.97. The molecule has 0 bridgehead atoms. The molecule has 1 atom stereocenters. The summed E-state index contributed by atoms with van der Waals surface area (Å²) in [4.78, 5) is 43.4. The van der Waals surface area contributed by atoms with Gasteiger partial charge in [0.05, 0.1) is 17.8 Å². The van der Waals surface area contributed by atoms with Crippen LogP contribution in [0.2, 0.25) is 0 Å². The Morgan fingerprint density at radius 3 is 2.49 bits per heavy atom. The number of nitrogens with one attached hydrogen (secondary N) is 2. The summed E-state index contributed by atoms with van der Waals surface area (Å²) >= 11 is 0. The maximum Gasteiger partial charge on any atom is 0.419 e. The fraction of sp³-hybridized carbons (Fsp3) is 0.382. The molecule has 13 heteroatoms. The summed E-state index contributed by atoms with van der Waals surface area (Å²) in [6, 6.07) is 6.65. The Bertz CT molecular complexity index is 1840. The van der Waals surface area contributed by atoms with Gasteiger partial charge in [0.25, 0.3) is 11.8 Å². The van der Waals surface area contributed by atoms with Crippen LogP contribution in [0.5, 0.6) is 0 Å². The zero-order valence-electron chi connectivity index (χ0n) is 25.9. The van der Waals surface area contributed by atoms with Gasteiger partial charge in [-0.25, -0.2) is 18.3 Å². The number of hydrogen-bond acceptors (Lipinski definition) is 5. The molecule has 2 heterocycles. The topological polar surface area (TPSA) is 105 Å². The van der Waals surface area contributed by atoms with Crippen LogP contribution in [-0.4, -0.2) is 32.2 Å². The van der Waals surface area contributed by atoms with Gasteiger partial charge in [-0.2, -0.15) is 18.3 Å². The van der Waals surface area contributed by atoms with Crippen molar-refractivity contribution in [2.45, 2.75) is 84.0 Å². The van der Waals surface area contributed by atoms with E-state index in [9.17, 15) is 36.3 Å².